The number of rotatable bonds is 7. The molecule has 0 aliphatic carbocycles. The first-order valence-electron chi connectivity index (χ1n) is 6.03. The fourth-order valence-electron chi connectivity index (χ4n) is 1.53. The third-order valence-electron chi connectivity index (χ3n) is 2.61. The fraction of sp³-hybridized carbons (Fsp3) is 0.750. The van der Waals surface area contributed by atoms with E-state index in [9.17, 15) is 5.11 Å². The largest absolute Gasteiger partial charge is 0.391 e. The van der Waals surface area contributed by atoms with Gasteiger partial charge in [-0.25, -0.2) is 4.98 Å². The summed E-state index contributed by atoms with van der Waals surface area (Å²) in [5.41, 5.74) is 1.06. The Morgan fingerprint density at radius 3 is 2.47 bits per heavy atom. The Bertz CT molecular complexity index is 338. The summed E-state index contributed by atoms with van der Waals surface area (Å²) in [5.74, 6) is 0. The van der Waals surface area contributed by atoms with Crippen LogP contribution in [0.5, 0.6) is 0 Å². The highest BCUT2D eigenvalue weighted by atomic mass is 32.1. The molecule has 0 unspecified atom stereocenters. The van der Waals surface area contributed by atoms with Gasteiger partial charge < -0.3 is 14.9 Å². The van der Waals surface area contributed by atoms with Crippen molar-refractivity contribution in [3.05, 3.63) is 10.6 Å². The minimum absolute atomic E-state index is 0.106. The van der Waals surface area contributed by atoms with Gasteiger partial charge in [0.1, 0.15) is 0 Å². The van der Waals surface area contributed by atoms with Gasteiger partial charge >= 0.3 is 0 Å². The monoisotopic (exact) mass is 257 g/mol. The van der Waals surface area contributed by atoms with Gasteiger partial charge in [0.05, 0.1) is 17.2 Å². The first-order chi connectivity index (χ1) is 8.08. The molecule has 1 heterocycles. The maximum atomic E-state index is 9.30. The lowest BCUT2D eigenvalue weighted by molar-refractivity contribution is 0.284. The summed E-state index contributed by atoms with van der Waals surface area (Å²) in [5, 5.41) is 10.3. The Labute approximate surface area is 108 Å². The van der Waals surface area contributed by atoms with E-state index >= 15 is 0 Å². The molecule has 0 atom stereocenters. The molecule has 0 fully saturated rings. The topological polar surface area (TPSA) is 39.6 Å². The van der Waals surface area contributed by atoms with Crippen LogP contribution in [0.25, 0.3) is 0 Å². The number of likely N-dealkylation sites (N-methyl/N-ethyl adjacent to an activating group) is 2. The van der Waals surface area contributed by atoms with Crippen molar-refractivity contribution >= 4 is 16.5 Å². The molecule has 0 radical (unpaired) electrons. The smallest absolute Gasteiger partial charge is 0.185 e. The van der Waals surface area contributed by atoms with Crippen LogP contribution >= 0.6 is 11.3 Å². The summed E-state index contributed by atoms with van der Waals surface area (Å²) in [4.78, 5) is 9.94. The quantitative estimate of drug-likeness (QED) is 0.805. The van der Waals surface area contributed by atoms with Gasteiger partial charge in [0.15, 0.2) is 5.13 Å². The van der Waals surface area contributed by atoms with Gasteiger partial charge in [-0.2, -0.15) is 0 Å². The Morgan fingerprint density at radius 1 is 1.24 bits per heavy atom. The molecule has 0 saturated carbocycles. The van der Waals surface area contributed by atoms with Crippen molar-refractivity contribution in [2.24, 2.45) is 0 Å². The maximum Gasteiger partial charge on any atom is 0.185 e. The summed E-state index contributed by atoms with van der Waals surface area (Å²) in [7, 11) is 6.19. The molecule has 0 aliphatic rings. The van der Waals surface area contributed by atoms with Crippen LogP contribution in [0, 0.1) is 0 Å². The van der Waals surface area contributed by atoms with Crippen molar-refractivity contribution in [3.63, 3.8) is 0 Å². The second kappa shape index (κ2) is 6.93. The molecule has 0 aliphatic heterocycles. The van der Waals surface area contributed by atoms with E-state index in [2.05, 4.69) is 42.9 Å². The minimum Gasteiger partial charge on any atom is -0.391 e. The van der Waals surface area contributed by atoms with Gasteiger partial charge in [0.25, 0.3) is 0 Å². The van der Waals surface area contributed by atoms with Gasteiger partial charge in [-0.15, -0.1) is 0 Å². The van der Waals surface area contributed by atoms with Gasteiger partial charge in [-0.05, 0) is 20.5 Å². The van der Waals surface area contributed by atoms with Crippen molar-refractivity contribution in [1.82, 2.24) is 9.88 Å². The summed E-state index contributed by atoms with van der Waals surface area (Å²) in [6.45, 7) is 4.20. The van der Waals surface area contributed by atoms with Gasteiger partial charge in [0, 0.05) is 20.1 Å². The number of hydrogen-bond donors (Lipinski definition) is 1. The van der Waals surface area contributed by atoms with Crippen molar-refractivity contribution < 1.29 is 5.11 Å². The predicted octanol–water partition coefficient (Wildman–Crippen LogP) is 1.59. The third-order valence-corrected chi connectivity index (χ3v) is 3.80. The highest BCUT2D eigenvalue weighted by Gasteiger charge is 2.12. The molecule has 98 valence electrons. The Morgan fingerprint density at radius 2 is 1.94 bits per heavy atom. The van der Waals surface area contributed by atoms with Crippen LogP contribution in [0.1, 0.15) is 23.9 Å². The Hall–Kier alpha value is -0.650. The lowest BCUT2D eigenvalue weighted by atomic mass is 10.2. The van der Waals surface area contributed by atoms with E-state index in [-0.39, 0.29) is 6.61 Å². The average molecular weight is 257 g/mol. The van der Waals surface area contributed by atoms with Crippen LogP contribution in [0.4, 0.5) is 5.13 Å². The molecule has 0 aromatic carbocycles. The van der Waals surface area contributed by atoms with E-state index in [1.165, 1.54) is 0 Å². The Balaban J connectivity index is 2.69. The summed E-state index contributed by atoms with van der Waals surface area (Å²) in [6.07, 6.45) is 2.02. The number of hydrogen-bond acceptors (Lipinski definition) is 5. The average Bonchev–Trinajstić information content (AvgIpc) is 2.69. The zero-order valence-electron chi connectivity index (χ0n) is 11.2. The molecular formula is C12H23N3OS. The van der Waals surface area contributed by atoms with E-state index in [1.807, 2.05) is 0 Å². The first-order valence-corrected chi connectivity index (χ1v) is 6.85. The van der Waals surface area contributed by atoms with E-state index in [0.29, 0.717) is 0 Å². The maximum absolute atomic E-state index is 9.30. The highest BCUT2D eigenvalue weighted by Crippen LogP contribution is 2.26. The van der Waals surface area contributed by atoms with E-state index < -0.39 is 0 Å². The molecule has 1 aromatic rings. The third kappa shape index (κ3) is 4.26. The predicted molar refractivity (Wildman–Crippen MR) is 73.9 cm³/mol. The standard InChI is InChI=1S/C12H23N3OS/c1-5-6-10-11(9-16)17-12(13-10)15(4)8-7-14(2)3/h16H,5-9H2,1-4H3. The minimum atomic E-state index is 0.106. The van der Waals surface area contributed by atoms with Crippen LogP contribution in [0.3, 0.4) is 0 Å². The normalized spacial score (nSPS) is 11.2. The van der Waals surface area contributed by atoms with Crippen LogP contribution < -0.4 is 4.90 Å². The number of aliphatic hydroxyl groups is 1. The van der Waals surface area contributed by atoms with Crippen molar-refractivity contribution in [2.75, 3.05) is 39.1 Å². The van der Waals surface area contributed by atoms with Gasteiger partial charge in [-0.3, -0.25) is 0 Å². The number of aliphatic hydroxyl groups excluding tert-OH is 1. The zero-order chi connectivity index (χ0) is 12.8. The molecule has 0 amide bonds. The van der Waals surface area contributed by atoms with Crippen LogP contribution in [0.2, 0.25) is 0 Å². The molecule has 0 bridgehead atoms. The van der Waals surface area contributed by atoms with Crippen molar-refractivity contribution in [2.45, 2.75) is 26.4 Å². The number of thiazole rings is 1. The summed E-state index contributed by atoms with van der Waals surface area (Å²) < 4.78 is 0. The number of nitrogens with zero attached hydrogens (tertiary/aromatic N) is 3. The SMILES string of the molecule is CCCc1nc(N(C)CCN(C)C)sc1CO. The van der Waals surface area contributed by atoms with Crippen LogP contribution in [0.15, 0.2) is 0 Å². The highest BCUT2D eigenvalue weighted by molar-refractivity contribution is 7.15. The molecule has 4 nitrogen and oxygen atoms in total. The molecule has 1 aromatic heterocycles. The molecular weight excluding hydrogens is 234 g/mol. The van der Waals surface area contributed by atoms with E-state index in [4.69, 9.17) is 0 Å². The second-order valence-electron chi connectivity index (χ2n) is 4.50. The van der Waals surface area contributed by atoms with Crippen LogP contribution in [-0.2, 0) is 13.0 Å². The van der Waals surface area contributed by atoms with E-state index in [1.54, 1.807) is 11.3 Å². The number of aryl methyl sites for hydroxylation is 1. The molecule has 5 heteroatoms. The first kappa shape index (κ1) is 14.4. The molecule has 0 spiro atoms. The lowest BCUT2D eigenvalue weighted by Gasteiger charge is -2.18. The summed E-state index contributed by atoms with van der Waals surface area (Å²) in [6, 6.07) is 0. The molecule has 1 N–H and O–H groups in total. The second-order valence-corrected chi connectivity index (χ2v) is 5.56. The van der Waals surface area contributed by atoms with Crippen molar-refractivity contribution in [1.29, 1.82) is 0 Å². The van der Waals surface area contributed by atoms with Gasteiger partial charge in [-0.1, -0.05) is 24.7 Å². The van der Waals surface area contributed by atoms with Crippen LogP contribution in [-0.4, -0.2) is 49.2 Å². The number of anilines is 1. The van der Waals surface area contributed by atoms with E-state index in [0.717, 1.165) is 41.6 Å². The molecule has 0 saturated heterocycles. The van der Waals surface area contributed by atoms with Gasteiger partial charge in [0.2, 0.25) is 0 Å². The molecule has 17 heavy (non-hydrogen) atoms. The zero-order valence-corrected chi connectivity index (χ0v) is 12.0. The Kier molecular flexibility index (Phi) is 5.88. The lowest BCUT2D eigenvalue weighted by Crippen LogP contribution is -2.28. The molecule has 1 rings (SSSR count). The summed E-state index contributed by atoms with van der Waals surface area (Å²) >= 11 is 1.61. The number of aromatic nitrogens is 1. The fourth-order valence-corrected chi connectivity index (χ4v) is 2.49. The van der Waals surface area contributed by atoms with Crippen molar-refractivity contribution in [3.8, 4) is 0 Å².